The van der Waals surface area contributed by atoms with E-state index < -0.39 is 0 Å². The van der Waals surface area contributed by atoms with Gasteiger partial charge in [0.1, 0.15) is 0 Å². The summed E-state index contributed by atoms with van der Waals surface area (Å²) in [7, 11) is 0. The number of piperidine rings is 1. The first kappa shape index (κ1) is 17.8. The molecule has 2 N–H and O–H groups in total. The van der Waals surface area contributed by atoms with Gasteiger partial charge in [-0.2, -0.15) is 0 Å². The normalized spacial score (nSPS) is 24.5. The summed E-state index contributed by atoms with van der Waals surface area (Å²) in [5.74, 6) is -0.0379. The average Bonchev–Trinajstić information content (AvgIpc) is 2.88. The lowest BCUT2D eigenvalue weighted by atomic mass is 10.0. The lowest BCUT2D eigenvalue weighted by molar-refractivity contribution is -0.137. The Kier molecular flexibility index (Phi) is 6.02. The van der Waals surface area contributed by atoms with E-state index in [2.05, 4.69) is 0 Å². The molecule has 0 aliphatic carbocycles. The van der Waals surface area contributed by atoms with Crippen LogP contribution in [0.4, 0.5) is 0 Å². The van der Waals surface area contributed by atoms with Crippen molar-refractivity contribution in [3.05, 3.63) is 35.9 Å². The zero-order chi connectivity index (χ0) is 15.5. The van der Waals surface area contributed by atoms with Crippen LogP contribution in [0.15, 0.2) is 30.3 Å². The van der Waals surface area contributed by atoms with Crippen LogP contribution in [0.25, 0.3) is 0 Å². The second-order valence-corrected chi connectivity index (χ2v) is 6.35. The van der Waals surface area contributed by atoms with Gasteiger partial charge in [-0.1, -0.05) is 30.3 Å². The molecule has 0 radical (unpaired) electrons. The Morgan fingerprint density at radius 3 is 2.65 bits per heavy atom. The van der Waals surface area contributed by atoms with Crippen LogP contribution in [-0.4, -0.2) is 47.3 Å². The second-order valence-electron chi connectivity index (χ2n) is 6.35. The number of carbonyl (C=O) groups is 2. The number of nitrogens with two attached hydrogens (primary N) is 1. The molecule has 6 heteroatoms. The molecule has 1 aromatic carbocycles. The second kappa shape index (κ2) is 7.79. The first-order valence-electron chi connectivity index (χ1n) is 7.99. The molecular weight excluding hydrogens is 314 g/mol. The topological polar surface area (TPSA) is 66.6 Å². The van der Waals surface area contributed by atoms with Gasteiger partial charge in [-0.25, -0.2) is 0 Å². The van der Waals surface area contributed by atoms with Crippen LogP contribution < -0.4 is 5.73 Å². The van der Waals surface area contributed by atoms with E-state index in [-0.39, 0.29) is 36.2 Å². The van der Waals surface area contributed by atoms with Gasteiger partial charge in [0.15, 0.2) is 0 Å². The van der Waals surface area contributed by atoms with Crippen molar-refractivity contribution >= 4 is 24.2 Å². The van der Waals surface area contributed by atoms with Crippen LogP contribution >= 0.6 is 12.4 Å². The molecular formula is C17H24ClN3O2. The first-order chi connectivity index (χ1) is 10.6. The van der Waals surface area contributed by atoms with E-state index in [1.165, 1.54) is 0 Å². The molecule has 2 heterocycles. The predicted molar refractivity (Wildman–Crippen MR) is 91.0 cm³/mol. The fourth-order valence-corrected chi connectivity index (χ4v) is 3.36. The highest BCUT2D eigenvalue weighted by Gasteiger charge is 2.37. The summed E-state index contributed by atoms with van der Waals surface area (Å²) in [5.41, 5.74) is 7.05. The summed E-state index contributed by atoms with van der Waals surface area (Å²) in [5, 5.41) is 0. The third kappa shape index (κ3) is 4.24. The summed E-state index contributed by atoms with van der Waals surface area (Å²) in [4.78, 5) is 28.4. The molecule has 2 fully saturated rings. The Balaban J connectivity index is 0.00000192. The minimum absolute atomic E-state index is 0. The van der Waals surface area contributed by atoms with Gasteiger partial charge < -0.3 is 15.5 Å². The number of nitrogens with zero attached hydrogens (tertiary/aromatic N) is 2. The maximum absolute atomic E-state index is 12.6. The molecule has 23 heavy (non-hydrogen) atoms. The molecule has 0 spiro atoms. The third-order valence-corrected chi connectivity index (χ3v) is 4.55. The Bertz CT molecular complexity index is 552. The quantitative estimate of drug-likeness (QED) is 0.906. The minimum atomic E-state index is -0.207. The van der Waals surface area contributed by atoms with E-state index in [1.54, 1.807) is 4.90 Å². The minimum Gasteiger partial charge on any atom is -0.341 e. The van der Waals surface area contributed by atoms with E-state index >= 15 is 0 Å². The van der Waals surface area contributed by atoms with Crippen LogP contribution in [0, 0.1) is 5.92 Å². The van der Waals surface area contributed by atoms with Gasteiger partial charge in [-0.15, -0.1) is 12.4 Å². The SMILES string of the molecule is Cl.NC1CCCN(C(=O)C2CC(=O)N(Cc3ccccc3)C2)C1. The Morgan fingerprint density at radius 2 is 1.96 bits per heavy atom. The summed E-state index contributed by atoms with van der Waals surface area (Å²) < 4.78 is 0. The lowest BCUT2D eigenvalue weighted by Gasteiger charge is -2.32. The summed E-state index contributed by atoms with van der Waals surface area (Å²) in [6, 6.07) is 9.98. The van der Waals surface area contributed by atoms with Gasteiger partial charge in [-0.3, -0.25) is 9.59 Å². The zero-order valence-electron chi connectivity index (χ0n) is 13.2. The molecule has 3 rings (SSSR count). The van der Waals surface area contributed by atoms with Crippen molar-refractivity contribution in [3.63, 3.8) is 0 Å². The molecule has 2 aliphatic rings. The Labute approximate surface area is 143 Å². The molecule has 2 amide bonds. The van der Waals surface area contributed by atoms with E-state index in [0.717, 1.165) is 24.9 Å². The summed E-state index contributed by atoms with van der Waals surface area (Å²) in [6.45, 7) is 2.51. The van der Waals surface area contributed by atoms with E-state index in [9.17, 15) is 9.59 Å². The molecule has 5 nitrogen and oxygen atoms in total. The van der Waals surface area contributed by atoms with E-state index in [1.807, 2.05) is 35.2 Å². The van der Waals surface area contributed by atoms with E-state index in [4.69, 9.17) is 5.73 Å². The number of carbonyl (C=O) groups excluding carboxylic acids is 2. The van der Waals surface area contributed by atoms with Gasteiger partial charge in [0.05, 0.1) is 5.92 Å². The van der Waals surface area contributed by atoms with Crippen molar-refractivity contribution < 1.29 is 9.59 Å². The first-order valence-corrected chi connectivity index (χ1v) is 7.99. The Morgan fingerprint density at radius 1 is 1.22 bits per heavy atom. The van der Waals surface area contributed by atoms with Gasteiger partial charge in [-0.05, 0) is 18.4 Å². The number of likely N-dealkylation sites (tertiary alicyclic amines) is 2. The molecule has 2 aliphatic heterocycles. The highest BCUT2D eigenvalue weighted by Crippen LogP contribution is 2.23. The van der Waals surface area contributed by atoms with Crippen molar-refractivity contribution in [2.24, 2.45) is 11.7 Å². The average molecular weight is 338 g/mol. The molecule has 2 atom stereocenters. The lowest BCUT2D eigenvalue weighted by Crippen LogP contribution is -2.48. The van der Waals surface area contributed by atoms with Crippen LogP contribution in [0.3, 0.4) is 0 Å². The molecule has 2 unspecified atom stereocenters. The zero-order valence-corrected chi connectivity index (χ0v) is 14.0. The monoisotopic (exact) mass is 337 g/mol. The van der Waals surface area contributed by atoms with Gasteiger partial charge in [0, 0.05) is 38.6 Å². The number of halogens is 1. The highest BCUT2D eigenvalue weighted by atomic mass is 35.5. The van der Waals surface area contributed by atoms with Crippen molar-refractivity contribution in [2.45, 2.75) is 31.8 Å². The number of benzene rings is 1. The van der Waals surface area contributed by atoms with Crippen LogP contribution in [0.5, 0.6) is 0 Å². The van der Waals surface area contributed by atoms with Crippen molar-refractivity contribution in [2.75, 3.05) is 19.6 Å². The highest BCUT2D eigenvalue weighted by molar-refractivity contribution is 5.89. The van der Waals surface area contributed by atoms with Crippen LogP contribution in [0.2, 0.25) is 0 Å². The molecule has 0 aromatic heterocycles. The molecule has 126 valence electrons. The smallest absolute Gasteiger partial charge is 0.228 e. The van der Waals surface area contributed by atoms with E-state index in [0.29, 0.717) is 26.1 Å². The summed E-state index contributed by atoms with van der Waals surface area (Å²) in [6.07, 6.45) is 2.27. The standard InChI is InChI=1S/C17H23N3O2.ClH/c18-15-7-4-8-19(12-15)17(22)14-9-16(21)20(11-14)10-13-5-2-1-3-6-13;/h1-3,5-6,14-15H,4,7-12,18H2;1H. The van der Waals surface area contributed by atoms with Gasteiger partial charge in [0.2, 0.25) is 11.8 Å². The van der Waals surface area contributed by atoms with Crippen LogP contribution in [-0.2, 0) is 16.1 Å². The number of amides is 2. The Hall–Kier alpha value is -1.59. The predicted octanol–water partition coefficient (Wildman–Crippen LogP) is 1.41. The van der Waals surface area contributed by atoms with Crippen molar-refractivity contribution in [3.8, 4) is 0 Å². The van der Waals surface area contributed by atoms with Gasteiger partial charge >= 0.3 is 0 Å². The third-order valence-electron chi connectivity index (χ3n) is 4.55. The largest absolute Gasteiger partial charge is 0.341 e. The molecule has 0 saturated carbocycles. The fraction of sp³-hybridized carbons (Fsp3) is 0.529. The maximum atomic E-state index is 12.6. The molecule has 2 saturated heterocycles. The summed E-state index contributed by atoms with van der Waals surface area (Å²) >= 11 is 0. The number of hydrogen-bond acceptors (Lipinski definition) is 3. The molecule has 1 aromatic rings. The van der Waals surface area contributed by atoms with Crippen molar-refractivity contribution in [1.29, 1.82) is 0 Å². The van der Waals surface area contributed by atoms with Gasteiger partial charge in [0.25, 0.3) is 0 Å². The van der Waals surface area contributed by atoms with Crippen molar-refractivity contribution in [1.82, 2.24) is 9.80 Å². The molecule has 0 bridgehead atoms. The maximum Gasteiger partial charge on any atom is 0.228 e. The fourth-order valence-electron chi connectivity index (χ4n) is 3.36. The number of hydrogen-bond donors (Lipinski definition) is 1. The van der Waals surface area contributed by atoms with Crippen LogP contribution in [0.1, 0.15) is 24.8 Å². The number of rotatable bonds is 3.